The van der Waals surface area contributed by atoms with Gasteiger partial charge in [0.05, 0.1) is 12.2 Å². The molecule has 0 saturated heterocycles. The van der Waals surface area contributed by atoms with Crippen LogP contribution in [0.3, 0.4) is 0 Å². The fourth-order valence-corrected chi connectivity index (χ4v) is 1.40. The molecule has 1 N–H and O–H groups in total. The lowest BCUT2D eigenvalue weighted by atomic mass is 10.2. The SMILES string of the molecule is CCN(Cc1ncncc1C(=O)O)CC(F)(F)F. The standard InChI is InChI=1S/C10H12F3N3O2/c1-2-16(5-10(11,12)13)4-8-7(9(17)18)3-14-6-15-8/h3,6H,2,4-5H2,1H3,(H,17,18). The minimum atomic E-state index is -4.33. The zero-order chi connectivity index (χ0) is 13.8. The van der Waals surface area contributed by atoms with E-state index in [9.17, 15) is 18.0 Å². The van der Waals surface area contributed by atoms with Gasteiger partial charge in [0.25, 0.3) is 0 Å². The van der Waals surface area contributed by atoms with E-state index in [-0.39, 0.29) is 24.3 Å². The molecule has 1 heterocycles. The van der Waals surface area contributed by atoms with Crippen molar-refractivity contribution >= 4 is 5.97 Å². The zero-order valence-corrected chi connectivity index (χ0v) is 9.61. The molecule has 0 radical (unpaired) electrons. The van der Waals surface area contributed by atoms with Crippen LogP contribution in [-0.4, -0.2) is 45.2 Å². The molecule has 100 valence electrons. The second kappa shape index (κ2) is 5.76. The molecule has 0 aromatic carbocycles. The van der Waals surface area contributed by atoms with Crippen molar-refractivity contribution in [3.63, 3.8) is 0 Å². The van der Waals surface area contributed by atoms with Crippen LogP contribution in [0.25, 0.3) is 0 Å². The van der Waals surface area contributed by atoms with Gasteiger partial charge >= 0.3 is 12.1 Å². The number of hydrogen-bond acceptors (Lipinski definition) is 4. The number of nitrogens with zero attached hydrogens (tertiary/aromatic N) is 3. The summed E-state index contributed by atoms with van der Waals surface area (Å²) in [5.74, 6) is -1.26. The third-order valence-corrected chi connectivity index (χ3v) is 2.25. The van der Waals surface area contributed by atoms with Gasteiger partial charge in [0, 0.05) is 12.7 Å². The first-order valence-electron chi connectivity index (χ1n) is 5.14. The second-order valence-electron chi connectivity index (χ2n) is 3.61. The molecule has 0 fully saturated rings. The monoisotopic (exact) mass is 263 g/mol. The van der Waals surface area contributed by atoms with E-state index in [1.54, 1.807) is 6.92 Å². The van der Waals surface area contributed by atoms with Crippen LogP contribution >= 0.6 is 0 Å². The van der Waals surface area contributed by atoms with Crippen LogP contribution in [0.2, 0.25) is 0 Å². The highest BCUT2D eigenvalue weighted by Gasteiger charge is 2.30. The summed E-state index contributed by atoms with van der Waals surface area (Å²) in [5, 5.41) is 8.86. The maximum Gasteiger partial charge on any atom is 0.401 e. The summed E-state index contributed by atoms with van der Waals surface area (Å²) in [6.45, 7) is 0.419. The van der Waals surface area contributed by atoms with Crippen molar-refractivity contribution in [3.05, 3.63) is 23.8 Å². The molecule has 1 aromatic heterocycles. The Morgan fingerprint density at radius 2 is 2.17 bits per heavy atom. The van der Waals surface area contributed by atoms with E-state index < -0.39 is 18.7 Å². The zero-order valence-electron chi connectivity index (χ0n) is 9.61. The predicted molar refractivity (Wildman–Crippen MR) is 56.0 cm³/mol. The third-order valence-electron chi connectivity index (χ3n) is 2.25. The topological polar surface area (TPSA) is 66.3 Å². The highest BCUT2D eigenvalue weighted by Crippen LogP contribution is 2.18. The number of aromatic carboxylic acids is 1. The van der Waals surface area contributed by atoms with Crippen LogP contribution < -0.4 is 0 Å². The molecule has 0 amide bonds. The molecule has 0 aliphatic heterocycles. The molecule has 18 heavy (non-hydrogen) atoms. The molecule has 0 spiro atoms. The molecule has 1 aromatic rings. The van der Waals surface area contributed by atoms with Gasteiger partial charge in [-0.15, -0.1) is 0 Å². The first-order chi connectivity index (χ1) is 8.33. The van der Waals surface area contributed by atoms with E-state index >= 15 is 0 Å². The lowest BCUT2D eigenvalue weighted by Crippen LogP contribution is -2.34. The summed E-state index contributed by atoms with van der Waals surface area (Å²) >= 11 is 0. The smallest absolute Gasteiger partial charge is 0.401 e. The van der Waals surface area contributed by atoms with Gasteiger partial charge in [0.15, 0.2) is 0 Å². The van der Waals surface area contributed by atoms with Crippen LogP contribution in [0, 0.1) is 0 Å². The van der Waals surface area contributed by atoms with Gasteiger partial charge in [-0.05, 0) is 6.54 Å². The van der Waals surface area contributed by atoms with Gasteiger partial charge in [-0.2, -0.15) is 13.2 Å². The minimum absolute atomic E-state index is 0.0728. The number of rotatable bonds is 5. The van der Waals surface area contributed by atoms with Crippen molar-refractivity contribution in [2.45, 2.75) is 19.6 Å². The predicted octanol–water partition coefficient (Wildman–Crippen LogP) is 1.56. The van der Waals surface area contributed by atoms with Crippen molar-refractivity contribution in [2.75, 3.05) is 13.1 Å². The lowest BCUT2D eigenvalue weighted by molar-refractivity contribution is -0.146. The number of carboxylic acid groups (broad SMARTS) is 1. The van der Waals surface area contributed by atoms with Crippen molar-refractivity contribution in [1.29, 1.82) is 0 Å². The van der Waals surface area contributed by atoms with Gasteiger partial charge in [-0.1, -0.05) is 6.92 Å². The Balaban J connectivity index is 2.85. The Kier molecular flexibility index (Phi) is 4.60. The van der Waals surface area contributed by atoms with Crippen LogP contribution in [0.1, 0.15) is 23.0 Å². The van der Waals surface area contributed by atoms with Crippen LogP contribution in [0.5, 0.6) is 0 Å². The Morgan fingerprint density at radius 3 is 2.67 bits per heavy atom. The van der Waals surface area contributed by atoms with Gasteiger partial charge in [-0.3, -0.25) is 4.90 Å². The Bertz CT molecular complexity index is 423. The molecule has 1 rings (SSSR count). The summed E-state index contributed by atoms with van der Waals surface area (Å²) < 4.78 is 36.8. The maximum atomic E-state index is 12.3. The Morgan fingerprint density at radius 1 is 1.50 bits per heavy atom. The third kappa shape index (κ3) is 4.28. The summed E-state index contributed by atoms with van der Waals surface area (Å²) in [4.78, 5) is 19.2. The molecule has 0 saturated carbocycles. The average molecular weight is 263 g/mol. The van der Waals surface area contributed by atoms with Crippen LogP contribution in [-0.2, 0) is 6.54 Å². The molecule has 8 heteroatoms. The maximum absolute atomic E-state index is 12.3. The van der Waals surface area contributed by atoms with E-state index in [2.05, 4.69) is 9.97 Å². The number of aromatic nitrogens is 2. The minimum Gasteiger partial charge on any atom is -0.478 e. The first kappa shape index (κ1) is 14.4. The molecule has 0 bridgehead atoms. The molecule has 0 unspecified atom stereocenters. The van der Waals surface area contributed by atoms with Crippen LogP contribution in [0.15, 0.2) is 12.5 Å². The normalized spacial score (nSPS) is 11.8. The van der Waals surface area contributed by atoms with E-state index in [1.807, 2.05) is 0 Å². The lowest BCUT2D eigenvalue weighted by Gasteiger charge is -2.21. The van der Waals surface area contributed by atoms with Crippen LogP contribution in [0.4, 0.5) is 13.2 Å². The number of hydrogen-bond donors (Lipinski definition) is 1. The summed E-state index contributed by atoms with van der Waals surface area (Å²) in [7, 11) is 0. The largest absolute Gasteiger partial charge is 0.478 e. The second-order valence-corrected chi connectivity index (χ2v) is 3.61. The number of carboxylic acids is 1. The Labute approximate surface area is 101 Å². The highest BCUT2D eigenvalue weighted by atomic mass is 19.4. The van der Waals surface area contributed by atoms with Crippen molar-refractivity contribution in [1.82, 2.24) is 14.9 Å². The fourth-order valence-electron chi connectivity index (χ4n) is 1.40. The van der Waals surface area contributed by atoms with E-state index in [4.69, 9.17) is 5.11 Å². The fraction of sp³-hybridized carbons (Fsp3) is 0.500. The van der Waals surface area contributed by atoms with Gasteiger partial charge in [0.2, 0.25) is 0 Å². The highest BCUT2D eigenvalue weighted by molar-refractivity contribution is 5.88. The molecule has 0 atom stereocenters. The average Bonchev–Trinajstić information content (AvgIpc) is 2.26. The molecule has 0 aliphatic carbocycles. The summed E-state index contributed by atoms with van der Waals surface area (Å²) in [6, 6.07) is 0. The molecular formula is C10H12F3N3O2. The van der Waals surface area contributed by atoms with E-state index in [0.717, 1.165) is 17.4 Å². The number of carbonyl (C=O) groups is 1. The van der Waals surface area contributed by atoms with E-state index in [0.29, 0.717) is 0 Å². The molecular weight excluding hydrogens is 251 g/mol. The van der Waals surface area contributed by atoms with Crippen molar-refractivity contribution in [2.24, 2.45) is 0 Å². The van der Waals surface area contributed by atoms with Gasteiger partial charge in [-0.25, -0.2) is 14.8 Å². The number of halogens is 3. The van der Waals surface area contributed by atoms with Gasteiger partial charge in [0.1, 0.15) is 11.9 Å². The first-order valence-corrected chi connectivity index (χ1v) is 5.14. The van der Waals surface area contributed by atoms with Crippen molar-refractivity contribution in [3.8, 4) is 0 Å². The summed E-state index contributed by atoms with van der Waals surface area (Å²) in [5.41, 5.74) is -0.110. The number of alkyl halides is 3. The van der Waals surface area contributed by atoms with Crippen molar-refractivity contribution < 1.29 is 23.1 Å². The van der Waals surface area contributed by atoms with Gasteiger partial charge < -0.3 is 5.11 Å². The quantitative estimate of drug-likeness (QED) is 0.873. The molecule has 5 nitrogen and oxygen atoms in total. The summed E-state index contributed by atoms with van der Waals surface area (Å²) in [6.07, 6.45) is -2.14. The Hall–Kier alpha value is -1.70. The molecule has 0 aliphatic rings. The van der Waals surface area contributed by atoms with E-state index in [1.165, 1.54) is 0 Å².